The van der Waals surface area contributed by atoms with Gasteiger partial charge in [-0.25, -0.2) is 4.79 Å². The SMILES string of the molecule is COC(=O)c1cc(NN)cc(OC(F)F)c1. The summed E-state index contributed by atoms with van der Waals surface area (Å²) in [7, 11) is 1.18. The molecule has 0 aliphatic carbocycles. The molecule has 0 bridgehead atoms. The maximum Gasteiger partial charge on any atom is 0.387 e. The summed E-state index contributed by atoms with van der Waals surface area (Å²) < 4.78 is 32.6. The molecule has 0 saturated carbocycles. The first-order chi connectivity index (χ1) is 7.56. The smallest absolute Gasteiger partial charge is 0.387 e. The standard InChI is InChI=1S/C9H10F2N2O3/c1-15-8(14)5-2-6(13-12)4-7(3-5)16-9(10)11/h2-4,9,13H,12H2,1H3. The highest BCUT2D eigenvalue weighted by Crippen LogP contribution is 2.22. The molecule has 3 N–H and O–H groups in total. The van der Waals surface area contributed by atoms with Gasteiger partial charge in [0.25, 0.3) is 0 Å². The zero-order valence-electron chi connectivity index (χ0n) is 8.37. The predicted octanol–water partition coefficient (Wildman–Crippen LogP) is 1.36. The minimum atomic E-state index is -2.97. The summed E-state index contributed by atoms with van der Waals surface area (Å²) in [5.41, 5.74) is 2.55. The number of hydrazine groups is 1. The lowest BCUT2D eigenvalue weighted by Gasteiger charge is -2.09. The Balaban J connectivity index is 3.05. The van der Waals surface area contributed by atoms with Gasteiger partial charge in [0.15, 0.2) is 0 Å². The van der Waals surface area contributed by atoms with Crippen LogP contribution in [0.1, 0.15) is 10.4 Å². The zero-order chi connectivity index (χ0) is 12.1. The third-order valence-electron chi connectivity index (χ3n) is 1.72. The first-order valence-corrected chi connectivity index (χ1v) is 4.21. The fourth-order valence-electron chi connectivity index (χ4n) is 1.09. The number of alkyl halides is 2. The highest BCUT2D eigenvalue weighted by Gasteiger charge is 2.11. The van der Waals surface area contributed by atoms with Crippen LogP contribution in [0.3, 0.4) is 0 Å². The van der Waals surface area contributed by atoms with Crippen LogP contribution in [0.5, 0.6) is 5.75 Å². The minimum Gasteiger partial charge on any atom is -0.465 e. The van der Waals surface area contributed by atoms with Gasteiger partial charge in [0, 0.05) is 6.07 Å². The van der Waals surface area contributed by atoms with Crippen molar-refractivity contribution >= 4 is 11.7 Å². The van der Waals surface area contributed by atoms with Crippen LogP contribution < -0.4 is 16.0 Å². The van der Waals surface area contributed by atoms with Crippen molar-refractivity contribution in [3.63, 3.8) is 0 Å². The number of esters is 1. The Morgan fingerprint density at radius 2 is 2.12 bits per heavy atom. The summed E-state index contributed by atoms with van der Waals surface area (Å²) in [5.74, 6) is 4.27. The maximum atomic E-state index is 12.0. The highest BCUT2D eigenvalue weighted by molar-refractivity contribution is 5.91. The van der Waals surface area contributed by atoms with Gasteiger partial charge >= 0.3 is 12.6 Å². The molecule has 0 heterocycles. The molecule has 0 amide bonds. The van der Waals surface area contributed by atoms with Crippen molar-refractivity contribution in [3.05, 3.63) is 23.8 Å². The number of ether oxygens (including phenoxy) is 2. The first-order valence-electron chi connectivity index (χ1n) is 4.21. The second kappa shape index (κ2) is 5.26. The number of hydrogen-bond acceptors (Lipinski definition) is 5. The average Bonchev–Trinajstić information content (AvgIpc) is 2.26. The van der Waals surface area contributed by atoms with Crippen LogP contribution in [-0.4, -0.2) is 19.7 Å². The van der Waals surface area contributed by atoms with Crippen molar-refractivity contribution in [2.24, 2.45) is 5.84 Å². The van der Waals surface area contributed by atoms with Crippen LogP contribution in [0.4, 0.5) is 14.5 Å². The summed E-state index contributed by atoms with van der Waals surface area (Å²) in [6.07, 6.45) is 0. The van der Waals surface area contributed by atoms with E-state index in [4.69, 9.17) is 5.84 Å². The number of halogens is 2. The summed E-state index contributed by atoms with van der Waals surface area (Å²) >= 11 is 0. The van der Waals surface area contributed by atoms with E-state index in [1.54, 1.807) is 0 Å². The number of anilines is 1. The molecular weight excluding hydrogens is 222 g/mol. The van der Waals surface area contributed by atoms with Crippen LogP contribution in [-0.2, 0) is 4.74 Å². The van der Waals surface area contributed by atoms with E-state index < -0.39 is 12.6 Å². The van der Waals surface area contributed by atoms with Gasteiger partial charge in [-0.3, -0.25) is 5.84 Å². The fourth-order valence-corrected chi connectivity index (χ4v) is 1.09. The quantitative estimate of drug-likeness (QED) is 0.466. The Kier molecular flexibility index (Phi) is 4.01. The predicted molar refractivity (Wildman–Crippen MR) is 52.2 cm³/mol. The second-order valence-corrected chi connectivity index (χ2v) is 2.76. The topological polar surface area (TPSA) is 73.6 Å². The van der Waals surface area contributed by atoms with Crippen molar-refractivity contribution in [2.75, 3.05) is 12.5 Å². The molecular formula is C9H10F2N2O3. The van der Waals surface area contributed by atoms with E-state index in [0.29, 0.717) is 0 Å². The molecule has 16 heavy (non-hydrogen) atoms. The van der Waals surface area contributed by atoms with Crippen LogP contribution in [0.15, 0.2) is 18.2 Å². The zero-order valence-corrected chi connectivity index (χ0v) is 8.37. The monoisotopic (exact) mass is 232 g/mol. The van der Waals surface area contributed by atoms with Gasteiger partial charge in [-0.1, -0.05) is 0 Å². The Morgan fingerprint density at radius 3 is 2.62 bits per heavy atom. The van der Waals surface area contributed by atoms with Crippen molar-refractivity contribution < 1.29 is 23.0 Å². The summed E-state index contributed by atoms with van der Waals surface area (Å²) in [6, 6.07) is 3.72. The molecule has 0 radical (unpaired) electrons. The Labute approximate surface area is 90.1 Å². The van der Waals surface area contributed by atoms with Gasteiger partial charge in [-0.15, -0.1) is 0 Å². The molecule has 1 aromatic carbocycles. The molecule has 0 unspecified atom stereocenters. The molecule has 0 aromatic heterocycles. The van der Waals surface area contributed by atoms with Crippen LogP contribution in [0, 0.1) is 0 Å². The first kappa shape index (κ1) is 12.2. The summed E-state index contributed by atoms with van der Waals surface area (Å²) in [5, 5.41) is 0. The van der Waals surface area contributed by atoms with E-state index >= 15 is 0 Å². The number of methoxy groups -OCH3 is 1. The van der Waals surface area contributed by atoms with Crippen LogP contribution in [0.2, 0.25) is 0 Å². The number of nitrogens with two attached hydrogens (primary N) is 1. The number of nitrogens with one attached hydrogen (secondary N) is 1. The molecule has 7 heteroatoms. The summed E-state index contributed by atoms with van der Waals surface area (Å²) in [6.45, 7) is -2.97. The highest BCUT2D eigenvalue weighted by atomic mass is 19.3. The van der Waals surface area contributed by atoms with Gasteiger partial charge in [0.05, 0.1) is 18.4 Å². The Morgan fingerprint density at radius 1 is 1.44 bits per heavy atom. The van der Waals surface area contributed by atoms with E-state index in [2.05, 4.69) is 14.9 Å². The third kappa shape index (κ3) is 3.06. The lowest BCUT2D eigenvalue weighted by Crippen LogP contribution is -2.10. The molecule has 1 rings (SSSR count). The van der Waals surface area contributed by atoms with Crippen molar-refractivity contribution in [2.45, 2.75) is 6.61 Å². The Bertz CT molecular complexity index is 385. The number of rotatable bonds is 4. The lowest BCUT2D eigenvalue weighted by molar-refractivity contribution is -0.0498. The largest absolute Gasteiger partial charge is 0.465 e. The molecule has 0 aliphatic heterocycles. The molecule has 0 saturated heterocycles. The molecule has 5 nitrogen and oxygen atoms in total. The van der Waals surface area contributed by atoms with E-state index in [0.717, 1.165) is 6.07 Å². The van der Waals surface area contributed by atoms with Crippen LogP contribution in [0.25, 0.3) is 0 Å². The summed E-state index contributed by atoms with van der Waals surface area (Å²) in [4.78, 5) is 11.2. The molecule has 88 valence electrons. The third-order valence-corrected chi connectivity index (χ3v) is 1.72. The van der Waals surface area contributed by atoms with E-state index in [1.165, 1.54) is 19.2 Å². The van der Waals surface area contributed by atoms with Crippen molar-refractivity contribution in [3.8, 4) is 5.75 Å². The van der Waals surface area contributed by atoms with Gasteiger partial charge in [0.1, 0.15) is 5.75 Å². The van der Waals surface area contributed by atoms with Gasteiger partial charge < -0.3 is 14.9 Å². The van der Waals surface area contributed by atoms with Crippen molar-refractivity contribution in [1.29, 1.82) is 0 Å². The minimum absolute atomic E-state index is 0.0635. The molecule has 0 spiro atoms. The number of carbonyl (C=O) groups excluding carboxylic acids is 1. The molecule has 0 atom stereocenters. The number of hydrogen-bond donors (Lipinski definition) is 2. The Hall–Kier alpha value is -1.89. The fraction of sp³-hybridized carbons (Fsp3) is 0.222. The van der Waals surface area contributed by atoms with Gasteiger partial charge in [-0.05, 0) is 12.1 Å². The number of nitrogen functional groups attached to an aromatic ring is 1. The molecule has 1 aromatic rings. The van der Waals surface area contributed by atoms with Crippen molar-refractivity contribution in [1.82, 2.24) is 0 Å². The van der Waals surface area contributed by atoms with E-state index in [-0.39, 0.29) is 17.0 Å². The number of carbonyl (C=O) groups is 1. The average molecular weight is 232 g/mol. The van der Waals surface area contributed by atoms with Crippen LogP contribution >= 0.6 is 0 Å². The molecule has 0 aliphatic rings. The maximum absolute atomic E-state index is 12.0. The normalized spacial score (nSPS) is 10.1. The number of benzene rings is 1. The van der Waals surface area contributed by atoms with Gasteiger partial charge in [-0.2, -0.15) is 8.78 Å². The van der Waals surface area contributed by atoms with E-state index in [1.807, 2.05) is 0 Å². The van der Waals surface area contributed by atoms with Gasteiger partial charge in [0.2, 0.25) is 0 Å². The molecule has 0 fully saturated rings. The second-order valence-electron chi connectivity index (χ2n) is 2.76. The lowest BCUT2D eigenvalue weighted by atomic mass is 10.2. The van der Waals surface area contributed by atoms with E-state index in [9.17, 15) is 13.6 Å².